The van der Waals surface area contributed by atoms with Gasteiger partial charge in [0.1, 0.15) is 0 Å². The SMILES string of the molecule is COCCN(CCOC)C(=O)CSc1n[nH]c(-c2ccc(C)cc2)n1. The number of amides is 1. The van der Waals surface area contributed by atoms with E-state index in [4.69, 9.17) is 9.47 Å². The average Bonchev–Trinajstić information content (AvgIpc) is 3.09. The molecule has 136 valence electrons. The van der Waals surface area contributed by atoms with E-state index in [9.17, 15) is 4.79 Å². The molecule has 0 aliphatic rings. The topological polar surface area (TPSA) is 80.3 Å². The molecule has 1 aromatic carbocycles. The van der Waals surface area contributed by atoms with Gasteiger partial charge in [-0.3, -0.25) is 9.89 Å². The highest BCUT2D eigenvalue weighted by molar-refractivity contribution is 7.99. The van der Waals surface area contributed by atoms with Gasteiger partial charge in [0.25, 0.3) is 0 Å². The van der Waals surface area contributed by atoms with Crippen molar-refractivity contribution in [3.8, 4) is 11.4 Å². The Kier molecular flexibility index (Phi) is 7.90. The van der Waals surface area contributed by atoms with Gasteiger partial charge in [-0.1, -0.05) is 41.6 Å². The highest BCUT2D eigenvalue weighted by atomic mass is 32.2. The Morgan fingerprint density at radius 2 is 1.80 bits per heavy atom. The van der Waals surface area contributed by atoms with Crippen LogP contribution in [-0.4, -0.2) is 72.3 Å². The number of aromatic amines is 1. The molecule has 0 bridgehead atoms. The summed E-state index contributed by atoms with van der Waals surface area (Å²) in [6, 6.07) is 8.04. The second-order valence-electron chi connectivity index (χ2n) is 5.49. The second-order valence-corrected chi connectivity index (χ2v) is 6.43. The minimum absolute atomic E-state index is 0.0146. The van der Waals surface area contributed by atoms with Gasteiger partial charge < -0.3 is 14.4 Å². The molecule has 0 radical (unpaired) electrons. The Hall–Kier alpha value is -1.90. The van der Waals surface area contributed by atoms with E-state index in [0.29, 0.717) is 37.3 Å². The van der Waals surface area contributed by atoms with Crippen molar-refractivity contribution in [2.45, 2.75) is 12.1 Å². The van der Waals surface area contributed by atoms with Crippen LogP contribution in [0.5, 0.6) is 0 Å². The molecule has 0 saturated heterocycles. The van der Waals surface area contributed by atoms with Crippen molar-refractivity contribution in [1.29, 1.82) is 0 Å². The number of rotatable bonds is 10. The fourth-order valence-electron chi connectivity index (χ4n) is 2.13. The number of hydrogen-bond acceptors (Lipinski definition) is 6. The predicted octanol–water partition coefficient (Wildman–Crippen LogP) is 1.99. The summed E-state index contributed by atoms with van der Waals surface area (Å²) in [6.45, 7) is 4.12. The van der Waals surface area contributed by atoms with Crippen LogP contribution in [0.25, 0.3) is 11.4 Å². The maximum atomic E-state index is 12.4. The lowest BCUT2D eigenvalue weighted by atomic mass is 10.1. The molecule has 0 atom stereocenters. The zero-order valence-electron chi connectivity index (χ0n) is 14.8. The summed E-state index contributed by atoms with van der Waals surface area (Å²) in [5.74, 6) is 0.991. The van der Waals surface area contributed by atoms with Crippen LogP contribution < -0.4 is 0 Å². The van der Waals surface area contributed by atoms with Gasteiger partial charge in [-0.05, 0) is 6.92 Å². The molecule has 1 heterocycles. The molecule has 0 spiro atoms. The number of carbonyl (C=O) groups excluding carboxylic acids is 1. The quantitative estimate of drug-likeness (QED) is 0.650. The van der Waals surface area contributed by atoms with Crippen LogP contribution in [0.3, 0.4) is 0 Å². The van der Waals surface area contributed by atoms with Crippen LogP contribution in [0.2, 0.25) is 0 Å². The van der Waals surface area contributed by atoms with Gasteiger partial charge in [0.2, 0.25) is 11.1 Å². The Balaban J connectivity index is 1.91. The van der Waals surface area contributed by atoms with Crippen molar-refractivity contribution in [2.24, 2.45) is 0 Å². The molecule has 2 aromatic rings. The number of H-pyrrole nitrogens is 1. The standard InChI is InChI=1S/C17H24N4O3S/c1-13-4-6-14(7-5-13)16-18-17(20-19-16)25-12-15(22)21(8-10-23-2)9-11-24-3/h4-7H,8-12H2,1-3H3,(H,18,19,20). The fourth-order valence-corrected chi connectivity index (χ4v) is 2.83. The monoisotopic (exact) mass is 364 g/mol. The van der Waals surface area contributed by atoms with E-state index < -0.39 is 0 Å². The van der Waals surface area contributed by atoms with Crippen molar-refractivity contribution in [3.05, 3.63) is 29.8 Å². The van der Waals surface area contributed by atoms with E-state index in [0.717, 1.165) is 5.56 Å². The van der Waals surface area contributed by atoms with Gasteiger partial charge in [-0.2, -0.15) is 0 Å². The lowest BCUT2D eigenvalue weighted by Gasteiger charge is -2.21. The predicted molar refractivity (Wildman–Crippen MR) is 97.6 cm³/mol. The molecule has 25 heavy (non-hydrogen) atoms. The zero-order chi connectivity index (χ0) is 18.1. The first-order valence-electron chi connectivity index (χ1n) is 8.02. The van der Waals surface area contributed by atoms with Crippen LogP contribution in [-0.2, 0) is 14.3 Å². The lowest BCUT2D eigenvalue weighted by Crippen LogP contribution is -2.37. The Labute approximate surface area is 152 Å². The molecular weight excluding hydrogens is 340 g/mol. The highest BCUT2D eigenvalue weighted by Crippen LogP contribution is 2.19. The number of aromatic nitrogens is 3. The third-order valence-electron chi connectivity index (χ3n) is 3.60. The van der Waals surface area contributed by atoms with Crippen LogP contribution in [0.1, 0.15) is 5.56 Å². The second kappa shape index (κ2) is 10.2. The number of thioether (sulfide) groups is 1. The molecule has 0 fully saturated rings. The van der Waals surface area contributed by atoms with Crippen molar-refractivity contribution in [1.82, 2.24) is 20.1 Å². The number of benzene rings is 1. The van der Waals surface area contributed by atoms with Crippen LogP contribution in [0, 0.1) is 6.92 Å². The van der Waals surface area contributed by atoms with Gasteiger partial charge in [0.15, 0.2) is 5.82 Å². The summed E-state index contributed by atoms with van der Waals surface area (Å²) in [5.41, 5.74) is 2.16. The van der Waals surface area contributed by atoms with Gasteiger partial charge in [0.05, 0.1) is 19.0 Å². The molecule has 0 unspecified atom stereocenters. The molecule has 0 aliphatic carbocycles. The van der Waals surface area contributed by atoms with E-state index in [2.05, 4.69) is 15.2 Å². The molecular formula is C17H24N4O3S. The summed E-state index contributed by atoms with van der Waals surface area (Å²) in [6.07, 6.45) is 0. The summed E-state index contributed by atoms with van der Waals surface area (Å²) in [7, 11) is 3.24. The third-order valence-corrected chi connectivity index (χ3v) is 4.43. The van der Waals surface area contributed by atoms with Crippen molar-refractivity contribution in [3.63, 3.8) is 0 Å². The van der Waals surface area contributed by atoms with Crippen LogP contribution in [0.15, 0.2) is 29.4 Å². The first-order chi connectivity index (χ1) is 12.1. The van der Waals surface area contributed by atoms with E-state index >= 15 is 0 Å². The minimum Gasteiger partial charge on any atom is -0.383 e. The number of nitrogens with one attached hydrogen (secondary N) is 1. The lowest BCUT2D eigenvalue weighted by molar-refractivity contribution is -0.129. The van der Waals surface area contributed by atoms with Crippen molar-refractivity contribution < 1.29 is 14.3 Å². The molecule has 0 saturated carbocycles. The number of methoxy groups -OCH3 is 2. The Morgan fingerprint density at radius 3 is 2.40 bits per heavy atom. The van der Waals surface area contributed by atoms with E-state index in [1.807, 2.05) is 31.2 Å². The number of nitrogens with zero attached hydrogens (tertiary/aromatic N) is 3. The summed E-state index contributed by atoms with van der Waals surface area (Å²) >= 11 is 1.32. The van der Waals surface area contributed by atoms with Gasteiger partial charge in [-0.15, -0.1) is 5.10 Å². The van der Waals surface area contributed by atoms with E-state index in [1.54, 1.807) is 19.1 Å². The number of hydrogen-bond donors (Lipinski definition) is 1. The Morgan fingerprint density at radius 1 is 1.16 bits per heavy atom. The van der Waals surface area contributed by atoms with Crippen LogP contribution in [0.4, 0.5) is 0 Å². The number of aryl methyl sites for hydroxylation is 1. The molecule has 7 nitrogen and oxygen atoms in total. The third kappa shape index (κ3) is 6.15. The van der Waals surface area contributed by atoms with E-state index in [-0.39, 0.29) is 11.7 Å². The maximum absolute atomic E-state index is 12.4. The van der Waals surface area contributed by atoms with Gasteiger partial charge in [0, 0.05) is 32.9 Å². The largest absolute Gasteiger partial charge is 0.383 e. The number of carbonyl (C=O) groups is 1. The highest BCUT2D eigenvalue weighted by Gasteiger charge is 2.15. The average molecular weight is 364 g/mol. The Bertz CT molecular complexity index is 652. The molecule has 1 N–H and O–H groups in total. The fraction of sp³-hybridized carbons (Fsp3) is 0.471. The van der Waals surface area contributed by atoms with E-state index in [1.165, 1.54) is 17.3 Å². The zero-order valence-corrected chi connectivity index (χ0v) is 15.6. The van der Waals surface area contributed by atoms with Crippen molar-refractivity contribution >= 4 is 17.7 Å². The normalized spacial score (nSPS) is 10.8. The summed E-state index contributed by atoms with van der Waals surface area (Å²) in [5, 5.41) is 7.65. The number of ether oxygens (including phenoxy) is 2. The minimum atomic E-state index is 0.0146. The first kappa shape index (κ1) is 19.4. The molecule has 8 heteroatoms. The summed E-state index contributed by atoms with van der Waals surface area (Å²) in [4.78, 5) is 18.5. The molecule has 0 aliphatic heterocycles. The van der Waals surface area contributed by atoms with Gasteiger partial charge >= 0.3 is 0 Å². The molecule has 1 aromatic heterocycles. The van der Waals surface area contributed by atoms with Crippen LogP contribution >= 0.6 is 11.8 Å². The first-order valence-corrected chi connectivity index (χ1v) is 9.00. The maximum Gasteiger partial charge on any atom is 0.233 e. The van der Waals surface area contributed by atoms with Gasteiger partial charge in [-0.25, -0.2) is 4.98 Å². The smallest absolute Gasteiger partial charge is 0.233 e. The summed E-state index contributed by atoms with van der Waals surface area (Å²) < 4.78 is 10.1. The molecule has 1 amide bonds. The van der Waals surface area contributed by atoms with Crippen molar-refractivity contribution in [2.75, 3.05) is 46.3 Å². The molecule has 2 rings (SSSR count).